The van der Waals surface area contributed by atoms with E-state index in [2.05, 4.69) is 53.7 Å². The molecule has 2 N–H and O–H groups in total. The highest BCUT2D eigenvalue weighted by Crippen LogP contribution is 2.26. The third kappa shape index (κ3) is 4.06. The second-order valence-corrected chi connectivity index (χ2v) is 6.41. The maximum Gasteiger partial charge on any atom is 0.161 e. The van der Waals surface area contributed by atoms with Crippen molar-refractivity contribution in [3.63, 3.8) is 0 Å². The Labute approximate surface area is 139 Å². The zero-order chi connectivity index (χ0) is 15.4. The Hall–Kier alpha value is -1.37. The summed E-state index contributed by atoms with van der Waals surface area (Å²) in [4.78, 5) is 9.33. The van der Waals surface area contributed by atoms with E-state index >= 15 is 0 Å². The van der Waals surface area contributed by atoms with Gasteiger partial charge in [-0.05, 0) is 66.1 Å². The van der Waals surface area contributed by atoms with Crippen molar-refractivity contribution in [2.24, 2.45) is 5.92 Å². The first-order valence-corrected chi connectivity index (χ1v) is 8.18. The molecule has 1 aromatic heterocycles. The largest absolute Gasteiger partial charge is 0.508 e. The van der Waals surface area contributed by atoms with Crippen molar-refractivity contribution in [2.75, 3.05) is 11.9 Å². The number of aromatic nitrogens is 2. The lowest BCUT2D eigenvalue weighted by Gasteiger charge is -2.13. The van der Waals surface area contributed by atoms with Crippen LogP contribution in [-0.4, -0.2) is 21.6 Å². The van der Waals surface area contributed by atoms with Gasteiger partial charge in [0.25, 0.3) is 0 Å². The molecular formula is C16H20IN3O. The van der Waals surface area contributed by atoms with Crippen LogP contribution in [0.4, 0.5) is 5.82 Å². The van der Waals surface area contributed by atoms with Gasteiger partial charge in [0, 0.05) is 12.1 Å². The van der Waals surface area contributed by atoms with Gasteiger partial charge in [-0.25, -0.2) is 9.97 Å². The average molecular weight is 397 g/mol. The van der Waals surface area contributed by atoms with Gasteiger partial charge in [0.05, 0.1) is 9.26 Å². The molecule has 0 radical (unpaired) electrons. The highest BCUT2D eigenvalue weighted by atomic mass is 127. The van der Waals surface area contributed by atoms with Crippen LogP contribution < -0.4 is 5.32 Å². The van der Waals surface area contributed by atoms with Crippen LogP contribution in [-0.2, 0) is 6.42 Å². The fraction of sp³-hybridized carbons (Fsp3) is 0.375. The summed E-state index contributed by atoms with van der Waals surface area (Å²) in [5, 5.41) is 12.7. The van der Waals surface area contributed by atoms with Crippen molar-refractivity contribution in [1.29, 1.82) is 0 Å². The van der Waals surface area contributed by atoms with Crippen LogP contribution in [0.25, 0.3) is 11.4 Å². The Morgan fingerprint density at radius 2 is 1.86 bits per heavy atom. The number of halogens is 1. The third-order valence-electron chi connectivity index (χ3n) is 2.99. The summed E-state index contributed by atoms with van der Waals surface area (Å²) in [5.41, 5.74) is 1.98. The number of nitrogens with zero attached hydrogens (tertiary/aromatic N) is 2. The molecule has 112 valence electrons. The summed E-state index contributed by atoms with van der Waals surface area (Å²) in [6.07, 6.45) is 0.921. The number of rotatable bonds is 5. The number of aromatic hydroxyl groups is 1. The van der Waals surface area contributed by atoms with E-state index in [1.165, 1.54) is 0 Å². The molecule has 21 heavy (non-hydrogen) atoms. The zero-order valence-electron chi connectivity index (χ0n) is 12.5. The van der Waals surface area contributed by atoms with Crippen LogP contribution in [0.5, 0.6) is 5.75 Å². The van der Waals surface area contributed by atoms with Gasteiger partial charge in [0.1, 0.15) is 11.6 Å². The van der Waals surface area contributed by atoms with E-state index in [9.17, 15) is 5.11 Å². The van der Waals surface area contributed by atoms with Gasteiger partial charge in [-0.2, -0.15) is 0 Å². The molecule has 0 atom stereocenters. The summed E-state index contributed by atoms with van der Waals surface area (Å²) >= 11 is 2.31. The highest BCUT2D eigenvalue weighted by Gasteiger charge is 2.14. The molecule has 0 fully saturated rings. The van der Waals surface area contributed by atoms with Gasteiger partial charge in [-0.1, -0.05) is 13.8 Å². The smallest absolute Gasteiger partial charge is 0.161 e. The Bertz CT molecular complexity index is 612. The fourth-order valence-corrected chi connectivity index (χ4v) is 2.69. The second kappa shape index (κ2) is 7.06. The van der Waals surface area contributed by atoms with Gasteiger partial charge in [0.15, 0.2) is 5.82 Å². The van der Waals surface area contributed by atoms with Gasteiger partial charge in [-0.15, -0.1) is 0 Å². The van der Waals surface area contributed by atoms with Gasteiger partial charge < -0.3 is 10.4 Å². The molecule has 1 heterocycles. The topological polar surface area (TPSA) is 58.0 Å². The van der Waals surface area contributed by atoms with E-state index in [-0.39, 0.29) is 5.75 Å². The number of hydrogen-bond donors (Lipinski definition) is 2. The molecular weight excluding hydrogens is 377 g/mol. The molecule has 0 aliphatic rings. The number of hydrogen-bond acceptors (Lipinski definition) is 4. The van der Waals surface area contributed by atoms with Crippen molar-refractivity contribution in [1.82, 2.24) is 9.97 Å². The maximum atomic E-state index is 9.41. The molecule has 0 spiro atoms. The SMILES string of the molecule is CCNc1nc(-c2ccc(O)cc2)nc(CC(C)C)c1I. The van der Waals surface area contributed by atoms with Crippen molar-refractivity contribution < 1.29 is 5.11 Å². The standard InChI is InChI=1S/C16H20IN3O/c1-4-18-16-14(17)13(9-10(2)3)19-15(20-16)11-5-7-12(21)8-6-11/h5-8,10,21H,4,9H2,1-3H3,(H,18,19,20). The average Bonchev–Trinajstić information content (AvgIpc) is 2.43. The molecule has 0 saturated carbocycles. The van der Waals surface area contributed by atoms with Crippen LogP contribution >= 0.6 is 22.6 Å². The molecule has 2 rings (SSSR count). The quantitative estimate of drug-likeness (QED) is 0.747. The first-order chi connectivity index (χ1) is 10.0. The minimum Gasteiger partial charge on any atom is -0.508 e. The number of phenols is 1. The van der Waals surface area contributed by atoms with Crippen LogP contribution in [0, 0.1) is 9.49 Å². The lowest BCUT2D eigenvalue weighted by Crippen LogP contribution is -2.09. The molecule has 0 aliphatic heterocycles. The monoisotopic (exact) mass is 397 g/mol. The molecule has 0 saturated heterocycles. The molecule has 2 aromatic rings. The molecule has 0 aliphatic carbocycles. The van der Waals surface area contributed by atoms with Gasteiger partial charge in [0.2, 0.25) is 0 Å². The van der Waals surface area contributed by atoms with Crippen LogP contribution in [0.2, 0.25) is 0 Å². The minimum atomic E-state index is 0.249. The summed E-state index contributed by atoms with van der Waals surface area (Å²) in [5.74, 6) is 2.36. The maximum absolute atomic E-state index is 9.41. The number of anilines is 1. The minimum absolute atomic E-state index is 0.249. The van der Waals surface area contributed by atoms with Crippen LogP contribution in [0.1, 0.15) is 26.5 Å². The lowest BCUT2D eigenvalue weighted by molar-refractivity contribution is 0.475. The molecule has 0 amide bonds. The van der Waals surface area contributed by atoms with E-state index in [4.69, 9.17) is 4.98 Å². The molecule has 1 aromatic carbocycles. The van der Waals surface area contributed by atoms with Crippen molar-refractivity contribution >= 4 is 28.4 Å². The van der Waals surface area contributed by atoms with Crippen LogP contribution in [0.3, 0.4) is 0 Å². The summed E-state index contributed by atoms with van der Waals surface area (Å²) in [6.45, 7) is 7.25. The number of phenolic OH excluding ortho intramolecular Hbond substituents is 1. The van der Waals surface area contributed by atoms with E-state index in [1.807, 2.05) is 12.1 Å². The van der Waals surface area contributed by atoms with Crippen molar-refractivity contribution in [3.8, 4) is 17.1 Å². The Kier molecular flexibility index (Phi) is 5.39. The van der Waals surface area contributed by atoms with E-state index in [1.54, 1.807) is 12.1 Å². The Morgan fingerprint density at radius 1 is 1.19 bits per heavy atom. The zero-order valence-corrected chi connectivity index (χ0v) is 14.7. The summed E-state index contributed by atoms with van der Waals surface area (Å²) in [7, 11) is 0. The first-order valence-electron chi connectivity index (χ1n) is 7.11. The molecule has 5 heteroatoms. The lowest BCUT2D eigenvalue weighted by atomic mass is 10.1. The molecule has 0 bridgehead atoms. The predicted molar refractivity (Wildman–Crippen MR) is 94.6 cm³/mol. The third-order valence-corrected chi connectivity index (χ3v) is 4.12. The summed E-state index contributed by atoms with van der Waals surface area (Å²) in [6, 6.07) is 7.00. The van der Waals surface area contributed by atoms with E-state index in [0.717, 1.165) is 33.6 Å². The van der Waals surface area contributed by atoms with E-state index in [0.29, 0.717) is 11.7 Å². The summed E-state index contributed by atoms with van der Waals surface area (Å²) < 4.78 is 1.09. The van der Waals surface area contributed by atoms with E-state index < -0.39 is 0 Å². The predicted octanol–water partition coefficient (Wildman–Crippen LogP) is 4.08. The van der Waals surface area contributed by atoms with Crippen molar-refractivity contribution in [2.45, 2.75) is 27.2 Å². The second-order valence-electron chi connectivity index (χ2n) is 5.33. The first kappa shape index (κ1) is 16.0. The van der Waals surface area contributed by atoms with Crippen LogP contribution in [0.15, 0.2) is 24.3 Å². The Morgan fingerprint density at radius 3 is 2.43 bits per heavy atom. The Balaban J connectivity index is 2.49. The molecule has 4 nitrogen and oxygen atoms in total. The number of benzene rings is 1. The fourth-order valence-electron chi connectivity index (χ4n) is 2.04. The number of nitrogens with one attached hydrogen (secondary N) is 1. The molecule has 0 unspecified atom stereocenters. The van der Waals surface area contributed by atoms with Gasteiger partial charge >= 0.3 is 0 Å². The normalized spacial score (nSPS) is 10.9. The van der Waals surface area contributed by atoms with Crippen molar-refractivity contribution in [3.05, 3.63) is 33.5 Å². The van der Waals surface area contributed by atoms with Gasteiger partial charge in [-0.3, -0.25) is 0 Å². The highest BCUT2D eigenvalue weighted by molar-refractivity contribution is 14.1.